The Morgan fingerprint density at radius 1 is 1.12 bits per heavy atom. The summed E-state index contributed by atoms with van der Waals surface area (Å²) in [5, 5.41) is 2.48. The third-order valence-electron chi connectivity index (χ3n) is 2.08. The number of hydrogen-bond acceptors (Lipinski definition) is 4. The van der Waals surface area contributed by atoms with Crippen LogP contribution in [0.15, 0.2) is 40.6 Å². The smallest absolute Gasteiger partial charge is 0.121 e. The van der Waals surface area contributed by atoms with Crippen LogP contribution in [0, 0.1) is 0 Å². The van der Waals surface area contributed by atoms with Crippen molar-refractivity contribution in [3.8, 4) is 0 Å². The van der Waals surface area contributed by atoms with E-state index in [-0.39, 0.29) is 0 Å². The molecule has 88 valence electrons. The number of aromatic nitrogens is 2. The quantitative estimate of drug-likeness (QED) is 0.939. The van der Waals surface area contributed by atoms with E-state index in [0.29, 0.717) is 26.6 Å². The summed E-state index contributed by atoms with van der Waals surface area (Å²) in [6.07, 6.45) is 3.35. The molecule has 2 heterocycles. The number of nitrogens with two attached hydrogens (primary N) is 1. The second kappa shape index (κ2) is 5.69. The molecule has 3 nitrogen and oxygen atoms in total. The predicted molar refractivity (Wildman–Crippen MR) is 70.5 cm³/mol. The molecule has 0 amide bonds. The maximum absolute atomic E-state index is 6.18. The average molecular weight is 286 g/mol. The summed E-state index contributed by atoms with van der Waals surface area (Å²) < 4.78 is 0. The van der Waals surface area contributed by atoms with Gasteiger partial charge in [-0.25, -0.2) is 9.97 Å². The summed E-state index contributed by atoms with van der Waals surface area (Å²) in [5.41, 5.74) is 6.44. The largest absolute Gasteiger partial charge is 0.326 e. The number of nitrogens with zero attached hydrogens (tertiary/aromatic N) is 2. The van der Waals surface area contributed by atoms with Crippen molar-refractivity contribution in [2.45, 2.75) is 16.6 Å². The van der Waals surface area contributed by atoms with E-state index in [4.69, 9.17) is 28.9 Å². The van der Waals surface area contributed by atoms with Gasteiger partial charge in [0.25, 0.3) is 0 Å². The molecule has 0 atom stereocenters. The molecule has 2 rings (SSSR count). The van der Waals surface area contributed by atoms with E-state index in [1.807, 2.05) is 0 Å². The molecular formula is C11H9Cl2N3S. The minimum Gasteiger partial charge on any atom is -0.326 e. The van der Waals surface area contributed by atoms with Crippen LogP contribution in [0.5, 0.6) is 0 Å². The predicted octanol–water partition coefficient (Wildman–Crippen LogP) is 3.39. The Balaban J connectivity index is 2.34. The molecule has 0 radical (unpaired) electrons. The maximum Gasteiger partial charge on any atom is 0.121 e. The van der Waals surface area contributed by atoms with Crippen molar-refractivity contribution in [2.24, 2.45) is 5.73 Å². The van der Waals surface area contributed by atoms with Gasteiger partial charge in [0.1, 0.15) is 10.1 Å². The summed E-state index contributed by atoms with van der Waals surface area (Å²) >= 11 is 13.5. The van der Waals surface area contributed by atoms with Crippen LogP contribution in [0.2, 0.25) is 10.0 Å². The first-order valence-electron chi connectivity index (χ1n) is 4.84. The lowest BCUT2D eigenvalue weighted by Gasteiger charge is -2.06. The Bertz CT molecular complexity index is 534. The fraction of sp³-hybridized carbons (Fsp3) is 0.0909. The number of halogens is 2. The van der Waals surface area contributed by atoms with E-state index in [9.17, 15) is 0 Å². The fourth-order valence-electron chi connectivity index (χ4n) is 1.23. The first kappa shape index (κ1) is 12.6. The lowest BCUT2D eigenvalue weighted by molar-refractivity contribution is 1.01. The van der Waals surface area contributed by atoms with Crippen molar-refractivity contribution in [3.63, 3.8) is 0 Å². The average Bonchev–Trinajstić information content (AvgIpc) is 2.34. The van der Waals surface area contributed by atoms with E-state index in [2.05, 4.69) is 9.97 Å². The molecule has 17 heavy (non-hydrogen) atoms. The number of hydrogen-bond donors (Lipinski definition) is 1. The van der Waals surface area contributed by atoms with Crippen molar-refractivity contribution in [1.29, 1.82) is 0 Å². The standard InChI is InChI=1S/C11H9Cl2N3S/c12-8-2-1-4-15-10(8)17-11-9(13)7(6-14)3-5-16-11/h1-5H,6,14H2. The van der Waals surface area contributed by atoms with Gasteiger partial charge in [0.05, 0.1) is 10.0 Å². The van der Waals surface area contributed by atoms with Crippen molar-refractivity contribution in [2.75, 3.05) is 0 Å². The van der Waals surface area contributed by atoms with E-state index in [1.54, 1.807) is 30.6 Å². The van der Waals surface area contributed by atoms with E-state index >= 15 is 0 Å². The van der Waals surface area contributed by atoms with Crippen LogP contribution < -0.4 is 5.73 Å². The normalized spacial score (nSPS) is 10.5. The highest BCUT2D eigenvalue weighted by Gasteiger charge is 2.10. The Labute approximate surface area is 113 Å². The third kappa shape index (κ3) is 2.90. The van der Waals surface area contributed by atoms with Crippen LogP contribution in [-0.4, -0.2) is 9.97 Å². The molecule has 0 saturated heterocycles. The maximum atomic E-state index is 6.18. The van der Waals surface area contributed by atoms with Crippen molar-refractivity contribution in [1.82, 2.24) is 9.97 Å². The van der Waals surface area contributed by atoms with Crippen molar-refractivity contribution in [3.05, 3.63) is 46.2 Å². The second-order valence-electron chi connectivity index (χ2n) is 3.19. The van der Waals surface area contributed by atoms with Crippen LogP contribution in [0.3, 0.4) is 0 Å². The van der Waals surface area contributed by atoms with Crippen LogP contribution in [0.25, 0.3) is 0 Å². The molecule has 0 spiro atoms. The zero-order valence-electron chi connectivity index (χ0n) is 8.73. The first-order valence-corrected chi connectivity index (χ1v) is 6.41. The highest BCUT2D eigenvalue weighted by molar-refractivity contribution is 7.99. The highest BCUT2D eigenvalue weighted by Crippen LogP contribution is 2.35. The summed E-state index contributed by atoms with van der Waals surface area (Å²) in [6, 6.07) is 5.35. The van der Waals surface area contributed by atoms with Gasteiger partial charge in [-0.15, -0.1) is 0 Å². The van der Waals surface area contributed by atoms with Gasteiger partial charge in [0.15, 0.2) is 0 Å². The minimum atomic E-state index is 0.380. The van der Waals surface area contributed by atoms with Gasteiger partial charge < -0.3 is 5.73 Å². The molecular weight excluding hydrogens is 277 g/mol. The Morgan fingerprint density at radius 2 is 1.88 bits per heavy atom. The molecule has 0 fully saturated rings. The summed E-state index contributed by atoms with van der Waals surface area (Å²) in [6.45, 7) is 0.380. The van der Waals surface area contributed by atoms with Crippen LogP contribution in [0.1, 0.15) is 5.56 Å². The zero-order valence-corrected chi connectivity index (χ0v) is 11.1. The Kier molecular flexibility index (Phi) is 4.23. The van der Waals surface area contributed by atoms with E-state index in [0.717, 1.165) is 5.56 Å². The van der Waals surface area contributed by atoms with Gasteiger partial charge in [-0.3, -0.25) is 0 Å². The molecule has 0 aliphatic rings. The van der Waals surface area contributed by atoms with Gasteiger partial charge in [-0.05, 0) is 35.5 Å². The fourth-order valence-corrected chi connectivity index (χ4v) is 2.57. The third-order valence-corrected chi connectivity index (χ3v) is 4.05. The lowest BCUT2D eigenvalue weighted by atomic mass is 10.3. The molecule has 0 aliphatic heterocycles. The highest BCUT2D eigenvalue weighted by atomic mass is 35.5. The first-order chi connectivity index (χ1) is 8.22. The molecule has 2 N–H and O–H groups in total. The number of rotatable bonds is 3. The topological polar surface area (TPSA) is 51.8 Å². The van der Waals surface area contributed by atoms with E-state index in [1.165, 1.54) is 11.8 Å². The van der Waals surface area contributed by atoms with Gasteiger partial charge in [-0.2, -0.15) is 0 Å². The zero-order chi connectivity index (χ0) is 12.3. The molecule has 6 heteroatoms. The van der Waals surface area contributed by atoms with Gasteiger partial charge in [0, 0.05) is 18.9 Å². The summed E-state index contributed by atoms with van der Waals surface area (Å²) in [4.78, 5) is 8.37. The van der Waals surface area contributed by atoms with Crippen LogP contribution >= 0.6 is 35.0 Å². The van der Waals surface area contributed by atoms with E-state index < -0.39 is 0 Å². The summed E-state index contributed by atoms with van der Waals surface area (Å²) in [7, 11) is 0. The molecule has 0 unspecified atom stereocenters. The molecule has 0 aliphatic carbocycles. The molecule has 2 aromatic heterocycles. The van der Waals surface area contributed by atoms with Crippen LogP contribution in [-0.2, 0) is 6.54 Å². The second-order valence-corrected chi connectivity index (χ2v) is 4.95. The minimum absolute atomic E-state index is 0.380. The van der Waals surface area contributed by atoms with Gasteiger partial charge in [-0.1, -0.05) is 23.2 Å². The SMILES string of the molecule is NCc1ccnc(Sc2ncccc2Cl)c1Cl. The summed E-state index contributed by atoms with van der Waals surface area (Å²) in [5.74, 6) is 0. The molecule has 0 aromatic carbocycles. The van der Waals surface area contributed by atoms with Crippen molar-refractivity contribution >= 4 is 35.0 Å². The molecule has 0 bridgehead atoms. The Morgan fingerprint density at radius 3 is 2.59 bits per heavy atom. The lowest BCUT2D eigenvalue weighted by Crippen LogP contribution is -1.98. The van der Waals surface area contributed by atoms with Crippen LogP contribution in [0.4, 0.5) is 0 Å². The van der Waals surface area contributed by atoms with Crippen molar-refractivity contribution < 1.29 is 0 Å². The Hall–Kier alpha value is -0.810. The van der Waals surface area contributed by atoms with Gasteiger partial charge in [0.2, 0.25) is 0 Å². The molecule has 0 saturated carbocycles. The monoisotopic (exact) mass is 285 g/mol. The van der Waals surface area contributed by atoms with Gasteiger partial charge >= 0.3 is 0 Å². The number of pyridine rings is 2. The molecule has 2 aromatic rings.